The third-order valence-electron chi connectivity index (χ3n) is 3.85. The first-order valence-electron chi connectivity index (χ1n) is 6.69. The van der Waals surface area contributed by atoms with Gasteiger partial charge in [-0.1, -0.05) is 42.6 Å². The highest BCUT2D eigenvalue weighted by Crippen LogP contribution is 2.31. The highest BCUT2D eigenvalue weighted by molar-refractivity contribution is 6.31. The third-order valence-corrected chi connectivity index (χ3v) is 4.18. The Bertz CT molecular complexity index is 457. The van der Waals surface area contributed by atoms with Gasteiger partial charge in [0.15, 0.2) is 0 Å². The average Bonchev–Trinajstić information content (AvgIpc) is 2.90. The van der Waals surface area contributed by atoms with Gasteiger partial charge in [0.25, 0.3) is 0 Å². The van der Waals surface area contributed by atoms with Crippen LogP contribution in [-0.2, 0) is 15.1 Å². The van der Waals surface area contributed by atoms with E-state index in [1.165, 1.54) is 20.0 Å². The minimum Gasteiger partial charge on any atom is -0.467 e. The van der Waals surface area contributed by atoms with Crippen molar-refractivity contribution in [2.75, 3.05) is 7.11 Å². The summed E-state index contributed by atoms with van der Waals surface area (Å²) in [6.07, 6.45) is 4.60. The molecule has 1 aliphatic rings. The topological polar surface area (TPSA) is 38.3 Å². The van der Waals surface area contributed by atoms with Crippen LogP contribution in [0.2, 0.25) is 5.02 Å². The van der Waals surface area contributed by atoms with E-state index in [0.717, 1.165) is 18.4 Å². The second-order valence-corrected chi connectivity index (χ2v) is 5.63. The van der Waals surface area contributed by atoms with Crippen molar-refractivity contribution in [2.45, 2.75) is 44.2 Å². The second kappa shape index (κ2) is 5.93. The van der Waals surface area contributed by atoms with Gasteiger partial charge in [0.1, 0.15) is 5.54 Å². The first-order chi connectivity index (χ1) is 9.08. The summed E-state index contributed by atoms with van der Waals surface area (Å²) in [5.41, 5.74) is -0.113. The molecule has 0 heterocycles. The number of benzene rings is 1. The average molecular weight is 282 g/mol. The van der Waals surface area contributed by atoms with Gasteiger partial charge in [0, 0.05) is 16.6 Å². The zero-order valence-electron chi connectivity index (χ0n) is 11.4. The molecule has 1 unspecified atom stereocenters. The van der Waals surface area contributed by atoms with E-state index in [9.17, 15) is 4.79 Å². The minimum atomic E-state index is -0.887. The summed E-state index contributed by atoms with van der Waals surface area (Å²) < 4.78 is 4.97. The number of hydrogen-bond acceptors (Lipinski definition) is 3. The van der Waals surface area contributed by atoms with Crippen LogP contribution in [0.25, 0.3) is 0 Å². The Labute approximate surface area is 119 Å². The van der Waals surface area contributed by atoms with Crippen molar-refractivity contribution < 1.29 is 9.53 Å². The molecule has 1 N–H and O–H groups in total. The maximum Gasteiger partial charge on any atom is 0.330 e. The molecule has 4 heteroatoms. The Kier molecular flexibility index (Phi) is 4.48. The van der Waals surface area contributed by atoms with Crippen LogP contribution in [0.15, 0.2) is 24.3 Å². The third kappa shape index (κ3) is 2.93. The van der Waals surface area contributed by atoms with E-state index in [2.05, 4.69) is 5.32 Å². The molecule has 2 rings (SSSR count). The zero-order chi connectivity index (χ0) is 13.9. The molecule has 0 aromatic heterocycles. The number of ether oxygens (including phenoxy) is 1. The first-order valence-corrected chi connectivity index (χ1v) is 7.07. The van der Waals surface area contributed by atoms with Crippen molar-refractivity contribution in [3.8, 4) is 0 Å². The number of esters is 1. The summed E-state index contributed by atoms with van der Waals surface area (Å²) in [5.74, 6) is -0.299. The molecule has 0 radical (unpaired) electrons. The summed E-state index contributed by atoms with van der Waals surface area (Å²) >= 11 is 6.25. The van der Waals surface area contributed by atoms with E-state index in [1.54, 1.807) is 6.07 Å². The van der Waals surface area contributed by atoms with Crippen LogP contribution in [0.5, 0.6) is 0 Å². The fraction of sp³-hybridized carbons (Fsp3) is 0.533. The van der Waals surface area contributed by atoms with Crippen LogP contribution < -0.4 is 5.32 Å². The lowest BCUT2D eigenvalue weighted by atomic mass is 9.90. The van der Waals surface area contributed by atoms with Gasteiger partial charge >= 0.3 is 5.97 Å². The molecule has 1 aromatic rings. The van der Waals surface area contributed by atoms with Gasteiger partial charge in [-0.15, -0.1) is 0 Å². The maximum atomic E-state index is 12.2. The Morgan fingerprint density at radius 1 is 1.37 bits per heavy atom. The summed E-state index contributed by atoms with van der Waals surface area (Å²) in [7, 11) is 1.41. The van der Waals surface area contributed by atoms with Gasteiger partial charge in [-0.2, -0.15) is 0 Å². The highest BCUT2D eigenvalue weighted by atomic mass is 35.5. The van der Waals surface area contributed by atoms with E-state index in [0.29, 0.717) is 11.1 Å². The molecule has 1 fully saturated rings. The number of carbonyl (C=O) groups is 1. The Hall–Kier alpha value is -1.06. The minimum absolute atomic E-state index is 0.299. The predicted octanol–water partition coefficient (Wildman–Crippen LogP) is 3.26. The standard InChI is InChI=1S/C15H20ClNO2/c1-15(14(18)19-2,17-11-7-3-4-8-11)12-9-5-6-10-13(12)16/h5-6,9-11,17H,3-4,7-8H2,1-2H3. The molecule has 0 saturated heterocycles. The highest BCUT2D eigenvalue weighted by Gasteiger charge is 2.40. The van der Waals surface area contributed by atoms with Gasteiger partial charge in [-0.25, -0.2) is 4.79 Å². The molecule has 1 aromatic carbocycles. The summed E-state index contributed by atoms with van der Waals surface area (Å²) in [6, 6.07) is 7.77. The maximum absolute atomic E-state index is 12.2. The molecule has 1 aliphatic carbocycles. The van der Waals surface area contributed by atoms with E-state index < -0.39 is 5.54 Å². The lowest BCUT2D eigenvalue weighted by molar-refractivity contribution is -0.148. The molecular weight excluding hydrogens is 262 g/mol. The number of methoxy groups -OCH3 is 1. The van der Waals surface area contributed by atoms with E-state index >= 15 is 0 Å². The number of rotatable bonds is 4. The fourth-order valence-electron chi connectivity index (χ4n) is 2.80. The lowest BCUT2D eigenvalue weighted by Gasteiger charge is -2.32. The fourth-order valence-corrected chi connectivity index (χ4v) is 3.12. The number of carbonyl (C=O) groups excluding carboxylic acids is 1. The first kappa shape index (κ1) is 14.4. The van der Waals surface area contributed by atoms with Crippen molar-refractivity contribution >= 4 is 17.6 Å². The van der Waals surface area contributed by atoms with Gasteiger partial charge in [-0.05, 0) is 25.8 Å². The number of nitrogens with one attached hydrogen (secondary N) is 1. The predicted molar refractivity (Wildman–Crippen MR) is 76.2 cm³/mol. The molecule has 3 nitrogen and oxygen atoms in total. The van der Waals surface area contributed by atoms with Crippen molar-refractivity contribution in [1.29, 1.82) is 0 Å². The number of halogens is 1. The Balaban J connectivity index is 2.33. The molecule has 104 valence electrons. The smallest absolute Gasteiger partial charge is 0.330 e. The molecule has 0 aliphatic heterocycles. The van der Waals surface area contributed by atoms with Crippen LogP contribution in [-0.4, -0.2) is 19.1 Å². The normalized spacial score (nSPS) is 19.1. The monoisotopic (exact) mass is 281 g/mol. The van der Waals surface area contributed by atoms with Crippen LogP contribution in [0.1, 0.15) is 38.2 Å². The van der Waals surface area contributed by atoms with E-state index in [-0.39, 0.29) is 5.97 Å². The van der Waals surface area contributed by atoms with Crippen molar-refractivity contribution in [3.63, 3.8) is 0 Å². The molecule has 0 amide bonds. The summed E-state index contributed by atoms with van der Waals surface area (Å²) in [5, 5.41) is 4.03. The SMILES string of the molecule is COC(=O)C(C)(NC1CCCC1)c1ccccc1Cl. The van der Waals surface area contributed by atoms with E-state index in [4.69, 9.17) is 16.3 Å². The van der Waals surface area contributed by atoms with Crippen LogP contribution in [0, 0.1) is 0 Å². The molecule has 1 atom stereocenters. The van der Waals surface area contributed by atoms with Crippen LogP contribution in [0.4, 0.5) is 0 Å². The Morgan fingerprint density at radius 2 is 2.00 bits per heavy atom. The van der Waals surface area contributed by atoms with Crippen LogP contribution >= 0.6 is 11.6 Å². The van der Waals surface area contributed by atoms with Crippen molar-refractivity contribution in [3.05, 3.63) is 34.9 Å². The summed E-state index contributed by atoms with van der Waals surface area (Å²) in [6.45, 7) is 1.85. The number of hydrogen-bond donors (Lipinski definition) is 1. The van der Waals surface area contributed by atoms with Gasteiger partial charge < -0.3 is 4.74 Å². The largest absolute Gasteiger partial charge is 0.467 e. The van der Waals surface area contributed by atoms with Gasteiger partial charge in [-0.3, -0.25) is 5.32 Å². The zero-order valence-corrected chi connectivity index (χ0v) is 12.2. The molecule has 1 saturated carbocycles. The molecule has 0 bridgehead atoms. The van der Waals surface area contributed by atoms with Crippen molar-refractivity contribution in [2.24, 2.45) is 0 Å². The van der Waals surface area contributed by atoms with Gasteiger partial charge in [0.2, 0.25) is 0 Å². The van der Waals surface area contributed by atoms with E-state index in [1.807, 2.05) is 25.1 Å². The summed E-state index contributed by atoms with van der Waals surface area (Å²) in [4.78, 5) is 12.2. The second-order valence-electron chi connectivity index (χ2n) is 5.22. The Morgan fingerprint density at radius 3 is 2.58 bits per heavy atom. The quantitative estimate of drug-likeness (QED) is 0.861. The molecule has 19 heavy (non-hydrogen) atoms. The lowest BCUT2D eigenvalue weighted by Crippen LogP contribution is -2.51. The molecular formula is C15H20ClNO2. The van der Waals surface area contributed by atoms with Crippen LogP contribution in [0.3, 0.4) is 0 Å². The van der Waals surface area contributed by atoms with Gasteiger partial charge in [0.05, 0.1) is 7.11 Å². The van der Waals surface area contributed by atoms with Crippen molar-refractivity contribution in [1.82, 2.24) is 5.32 Å². The molecule has 0 spiro atoms.